The van der Waals surface area contributed by atoms with Gasteiger partial charge in [-0.15, -0.1) is 0 Å². The van der Waals surface area contributed by atoms with Gasteiger partial charge in [-0.2, -0.15) is 5.26 Å². The molecule has 0 saturated heterocycles. The summed E-state index contributed by atoms with van der Waals surface area (Å²) >= 11 is 0. The Kier molecular flexibility index (Phi) is 3.67. The zero-order chi connectivity index (χ0) is 14.7. The maximum Gasteiger partial charge on any atom is 0.246 e. The van der Waals surface area contributed by atoms with Gasteiger partial charge in [0.2, 0.25) is 5.91 Å². The molecule has 1 unspecified atom stereocenters. The van der Waals surface area contributed by atoms with Crippen LogP contribution in [0.2, 0.25) is 0 Å². The lowest BCUT2D eigenvalue weighted by Crippen LogP contribution is -2.38. The van der Waals surface area contributed by atoms with Crippen molar-refractivity contribution in [2.75, 3.05) is 11.9 Å². The van der Waals surface area contributed by atoms with Gasteiger partial charge in [0.15, 0.2) is 0 Å². The van der Waals surface area contributed by atoms with Crippen molar-refractivity contribution in [3.05, 3.63) is 65.2 Å². The number of amides is 1. The molecule has 1 atom stereocenters. The number of benzene rings is 2. The molecule has 1 aliphatic rings. The van der Waals surface area contributed by atoms with E-state index in [9.17, 15) is 4.79 Å². The molecule has 4 heteroatoms. The summed E-state index contributed by atoms with van der Waals surface area (Å²) in [6, 6.07) is 16.7. The third kappa shape index (κ3) is 2.64. The first-order valence-corrected chi connectivity index (χ1v) is 6.91. The average molecular weight is 277 g/mol. The minimum Gasteiger partial charge on any atom is -0.323 e. The minimum absolute atomic E-state index is 0.134. The Bertz CT molecular complexity index is 718. The molecule has 0 aromatic heterocycles. The highest BCUT2D eigenvalue weighted by Gasteiger charge is 2.26. The molecule has 2 aromatic rings. The van der Waals surface area contributed by atoms with E-state index >= 15 is 0 Å². The van der Waals surface area contributed by atoms with Crippen LogP contribution in [0.3, 0.4) is 0 Å². The molecule has 0 aliphatic carbocycles. The van der Waals surface area contributed by atoms with Crippen LogP contribution in [-0.4, -0.2) is 12.5 Å². The Morgan fingerprint density at radius 1 is 1.19 bits per heavy atom. The molecular weight excluding hydrogens is 262 g/mol. The van der Waals surface area contributed by atoms with Crippen LogP contribution in [0, 0.1) is 11.3 Å². The average Bonchev–Trinajstić information content (AvgIpc) is 2.54. The Morgan fingerprint density at radius 3 is 2.81 bits per heavy atom. The fraction of sp³-hybridized carbons (Fsp3) is 0.176. The van der Waals surface area contributed by atoms with Crippen LogP contribution >= 0.6 is 0 Å². The smallest absolute Gasteiger partial charge is 0.246 e. The first kappa shape index (κ1) is 13.3. The predicted octanol–water partition coefficient (Wildman–Crippen LogP) is 2.38. The summed E-state index contributed by atoms with van der Waals surface area (Å²) < 4.78 is 0. The van der Waals surface area contributed by atoms with E-state index < -0.39 is 0 Å². The second-order valence-electron chi connectivity index (χ2n) is 4.98. The summed E-state index contributed by atoms with van der Waals surface area (Å²) in [5, 5.41) is 15.2. The van der Waals surface area contributed by atoms with Crippen LogP contribution in [-0.2, 0) is 11.2 Å². The molecule has 1 amide bonds. The second-order valence-corrected chi connectivity index (χ2v) is 4.98. The second kappa shape index (κ2) is 5.78. The number of nitriles is 1. The van der Waals surface area contributed by atoms with E-state index in [2.05, 4.69) is 22.8 Å². The Morgan fingerprint density at radius 2 is 1.95 bits per heavy atom. The molecular formula is C17H15N3O. The highest BCUT2D eigenvalue weighted by Crippen LogP contribution is 2.24. The Balaban J connectivity index is 1.86. The Hall–Kier alpha value is -2.64. The van der Waals surface area contributed by atoms with Crippen molar-refractivity contribution in [2.24, 2.45) is 0 Å². The van der Waals surface area contributed by atoms with Gasteiger partial charge in [-0.3, -0.25) is 4.79 Å². The minimum atomic E-state index is -0.373. The van der Waals surface area contributed by atoms with Gasteiger partial charge in [-0.1, -0.05) is 36.4 Å². The quantitative estimate of drug-likeness (QED) is 0.885. The van der Waals surface area contributed by atoms with Crippen molar-refractivity contribution in [1.29, 1.82) is 5.26 Å². The van der Waals surface area contributed by atoms with E-state index in [-0.39, 0.29) is 11.9 Å². The zero-order valence-electron chi connectivity index (χ0n) is 11.5. The number of hydrogen-bond acceptors (Lipinski definition) is 3. The fourth-order valence-corrected chi connectivity index (χ4v) is 2.63. The van der Waals surface area contributed by atoms with Crippen molar-refractivity contribution < 1.29 is 4.79 Å². The first-order chi connectivity index (χ1) is 10.3. The van der Waals surface area contributed by atoms with Gasteiger partial charge in [0.1, 0.15) is 12.1 Å². The maximum absolute atomic E-state index is 12.5. The van der Waals surface area contributed by atoms with Crippen molar-refractivity contribution in [3.63, 3.8) is 0 Å². The topological polar surface area (TPSA) is 64.9 Å². The lowest BCUT2D eigenvalue weighted by atomic mass is 9.94. The van der Waals surface area contributed by atoms with Crippen LogP contribution in [0.25, 0.3) is 0 Å². The molecule has 0 radical (unpaired) electrons. The van der Waals surface area contributed by atoms with Crippen LogP contribution in [0.15, 0.2) is 48.5 Å². The lowest BCUT2D eigenvalue weighted by molar-refractivity contribution is -0.118. The van der Waals surface area contributed by atoms with Crippen LogP contribution in [0.4, 0.5) is 5.69 Å². The summed E-state index contributed by atoms with van der Waals surface area (Å²) in [6.45, 7) is 0.773. The molecule has 0 bridgehead atoms. The van der Waals surface area contributed by atoms with Gasteiger partial charge in [0, 0.05) is 6.54 Å². The van der Waals surface area contributed by atoms with E-state index in [4.69, 9.17) is 5.26 Å². The summed E-state index contributed by atoms with van der Waals surface area (Å²) in [4.78, 5) is 12.5. The van der Waals surface area contributed by atoms with Crippen molar-refractivity contribution in [2.45, 2.75) is 12.5 Å². The predicted molar refractivity (Wildman–Crippen MR) is 80.7 cm³/mol. The van der Waals surface area contributed by atoms with Gasteiger partial charge in [-0.25, -0.2) is 0 Å². The number of hydrogen-bond donors (Lipinski definition) is 2. The number of nitrogens with one attached hydrogen (secondary N) is 2. The molecule has 1 heterocycles. The molecule has 0 spiro atoms. The number of carbonyl (C=O) groups is 1. The fourth-order valence-electron chi connectivity index (χ4n) is 2.63. The van der Waals surface area contributed by atoms with E-state index in [1.54, 1.807) is 24.3 Å². The molecule has 104 valence electrons. The molecule has 1 aliphatic heterocycles. The lowest BCUT2D eigenvalue weighted by Gasteiger charge is -2.26. The zero-order valence-corrected chi connectivity index (χ0v) is 11.5. The highest BCUT2D eigenvalue weighted by molar-refractivity contribution is 5.97. The van der Waals surface area contributed by atoms with Gasteiger partial charge >= 0.3 is 0 Å². The number of anilines is 1. The maximum atomic E-state index is 12.5. The summed E-state index contributed by atoms with van der Waals surface area (Å²) in [6.07, 6.45) is 0.925. The van der Waals surface area contributed by atoms with E-state index in [1.807, 2.05) is 18.2 Å². The number of fused-ring (bicyclic) bond motifs is 1. The van der Waals surface area contributed by atoms with E-state index in [0.717, 1.165) is 18.5 Å². The van der Waals surface area contributed by atoms with Gasteiger partial charge < -0.3 is 10.6 Å². The summed E-state index contributed by atoms with van der Waals surface area (Å²) in [5.74, 6) is -0.134. The van der Waals surface area contributed by atoms with Crippen molar-refractivity contribution in [3.8, 4) is 6.07 Å². The van der Waals surface area contributed by atoms with Gasteiger partial charge in [0.05, 0.1) is 11.3 Å². The third-order valence-electron chi connectivity index (χ3n) is 3.68. The van der Waals surface area contributed by atoms with Gasteiger partial charge in [0.25, 0.3) is 0 Å². The molecule has 2 N–H and O–H groups in total. The normalized spacial score (nSPS) is 16.6. The van der Waals surface area contributed by atoms with Crippen LogP contribution in [0.1, 0.15) is 22.7 Å². The van der Waals surface area contributed by atoms with Gasteiger partial charge in [-0.05, 0) is 29.7 Å². The molecule has 0 saturated carbocycles. The third-order valence-corrected chi connectivity index (χ3v) is 3.68. The molecule has 21 heavy (non-hydrogen) atoms. The highest BCUT2D eigenvalue weighted by atomic mass is 16.2. The van der Waals surface area contributed by atoms with E-state index in [0.29, 0.717) is 11.3 Å². The molecule has 0 fully saturated rings. The van der Waals surface area contributed by atoms with E-state index in [1.165, 1.54) is 5.56 Å². The monoisotopic (exact) mass is 277 g/mol. The number of carbonyl (C=O) groups excluding carboxylic acids is 1. The molecule has 4 nitrogen and oxygen atoms in total. The molecule has 3 rings (SSSR count). The summed E-state index contributed by atoms with van der Waals surface area (Å²) in [7, 11) is 0. The number of para-hydroxylation sites is 1. The Labute approximate surface area is 123 Å². The van der Waals surface area contributed by atoms with Crippen LogP contribution in [0.5, 0.6) is 0 Å². The van der Waals surface area contributed by atoms with Crippen LogP contribution < -0.4 is 10.6 Å². The number of nitrogens with zero attached hydrogens (tertiary/aromatic N) is 1. The molecule has 2 aromatic carbocycles. The first-order valence-electron chi connectivity index (χ1n) is 6.91. The summed E-state index contributed by atoms with van der Waals surface area (Å²) in [5.41, 5.74) is 3.23. The van der Waals surface area contributed by atoms with Crippen molar-refractivity contribution >= 4 is 11.6 Å². The standard InChI is InChI=1S/C17H15N3O/c18-11-13-6-2-4-8-15(13)20-17(21)16-14-7-3-1-5-12(14)9-10-19-16/h1-8,16,19H,9-10H2,(H,20,21). The number of rotatable bonds is 2. The SMILES string of the molecule is N#Cc1ccccc1NC(=O)C1NCCc2ccccc21. The van der Waals surface area contributed by atoms with Crippen molar-refractivity contribution in [1.82, 2.24) is 5.32 Å². The largest absolute Gasteiger partial charge is 0.323 e.